The molecule has 1 N–H and O–H groups in total. The lowest BCUT2D eigenvalue weighted by atomic mass is 10.3. The van der Waals surface area contributed by atoms with Crippen molar-refractivity contribution in [2.75, 3.05) is 19.7 Å². The zero-order valence-corrected chi connectivity index (χ0v) is 9.99. The van der Waals surface area contributed by atoms with E-state index < -0.39 is 0 Å². The number of nitrogens with one attached hydrogen (secondary N) is 1. The van der Waals surface area contributed by atoms with Gasteiger partial charge in [-0.1, -0.05) is 25.1 Å². The Morgan fingerprint density at radius 1 is 1.31 bits per heavy atom. The molecule has 2 unspecified atom stereocenters. The Labute approximate surface area is 98.0 Å². The second-order valence-corrected chi connectivity index (χ2v) is 4.69. The van der Waals surface area contributed by atoms with Crippen molar-refractivity contribution in [3.05, 3.63) is 30.3 Å². The first-order chi connectivity index (χ1) is 7.86. The first-order valence-electron chi connectivity index (χ1n) is 6.25. The largest absolute Gasteiger partial charge is 0.494 e. The Balaban J connectivity index is 1.46. The average Bonchev–Trinajstić information content (AvgIpc) is 3.01. The van der Waals surface area contributed by atoms with Crippen LogP contribution in [-0.2, 0) is 0 Å². The highest BCUT2D eigenvalue weighted by Gasteiger charge is 2.31. The lowest BCUT2D eigenvalue weighted by Crippen LogP contribution is -2.20. The minimum Gasteiger partial charge on any atom is -0.494 e. The molecule has 0 saturated heterocycles. The van der Waals surface area contributed by atoms with E-state index in [0.717, 1.165) is 37.2 Å². The van der Waals surface area contributed by atoms with Gasteiger partial charge in [-0.2, -0.15) is 0 Å². The van der Waals surface area contributed by atoms with Crippen LogP contribution in [0.3, 0.4) is 0 Å². The van der Waals surface area contributed by atoms with Crippen molar-refractivity contribution in [2.45, 2.75) is 19.8 Å². The molecule has 0 amide bonds. The topological polar surface area (TPSA) is 21.3 Å². The Hall–Kier alpha value is -1.02. The summed E-state index contributed by atoms with van der Waals surface area (Å²) >= 11 is 0. The number of benzene rings is 1. The van der Waals surface area contributed by atoms with Crippen LogP contribution in [0.15, 0.2) is 30.3 Å². The van der Waals surface area contributed by atoms with E-state index in [2.05, 4.69) is 12.2 Å². The van der Waals surface area contributed by atoms with Crippen molar-refractivity contribution in [3.63, 3.8) is 0 Å². The van der Waals surface area contributed by atoms with Crippen LogP contribution < -0.4 is 10.1 Å². The van der Waals surface area contributed by atoms with Crippen LogP contribution in [0.25, 0.3) is 0 Å². The van der Waals surface area contributed by atoms with Crippen molar-refractivity contribution < 1.29 is 4.74 Å². The number of para-hydroxylation sites is 1. The van der Waals surface area contributed by atoms with Crippen LogP contribution in [0, 0.1) is 11.8 Å². The third kappa shape index (κ3) is 3.86. The summed E-state index contributed by atoms with van der Waals surface area (Å²) in [7, 11) is 0. The van der Waals surface area contributed by atoms with E-state index in [1.165, 1.54) is 13.0 Å². The van der Waals surface area contributed by atoms with Gasteiger partial charge in [-0.05, 0) is 49.9 Å². The molecule has 2 heteroatoms. The molecule has 1 aromatic carbocycles. The molecule has 1 aliphatic rings. The Kier molecular flexibility index (Phi) is 4.23. The van der Waals surface area contributed by atoms with Crippen LogP contribution in [-0.4, -0.2) is 19.7 Å². The van der Waals surface area contributed by atoms with Gasteiger partial charge in [0.15, 0.2) is 0 Å². The molecule has 0 aliphatic heterocycles. The summed E-state index contributed by atoms with van der Waals surface area (Å²) < 4.78 is 5.61. The second kappa shape index (κ2) is 5.90. The lowest BCUT2D eigenvalue weighted by molar-refractivity contribution is 0.307. The molecule has 1 saturated carbocycles. The normalized spacial score (nSPS) is 23.1. The van der Waals surface area contributed by atoms with Crippen LogP contribution in [0.4, 0.5) is 0 Å². The lowest BCUT2D eigenvalue weighted by Gasteiger charge is -2.06. The molecule has 0 spiro atoms. The molecule has 16 heavy (non-hydrogen) atoms. The van der Waals surface area contributed by atoms with Crippen LogP contribution in [0.2, 0.25) is 0 Å². The molecule has 1 aliphatic carbocycles. The van der Waals surface area contributed by atoms with Gasteiger partial charge in [-0.25, -0.2) is 0 Å². The first kappa shape index (κ1) is 11.5. The van der Waals surface area contributed by atoms with Gasteiger partial charge in [-0.3, -0.25) is 0 Å². The standard InChI is InChI=1S/C14H21NO/c1-12-10-13(12)11-15-8-5-9-16-14-6-3-2-4-7-14/h2-4,6-7,12-13,15H,5,8-11H2,1H3. The van der Waals surface area contributed by atoms with Crippen LogP contribution in [0.5, 0.6) is 5.75 Å². The van der Waals surface area contributed by atoms with Crippen LogP contribution in [0.1, 0.15) is 19.8 Å². The zero-order valence-electron chi connectivity index (χ0n) is 9.99. The fourth-order valence-corrected chi connectivity index (χ4v) is 1.87. The summed E-state index contributed by atoms with van der Waals surface area (Å²) in [6.07, 6.45) is 2.49. The van der Waals surface area contributed by atoms with Gasteiger partial charge >= 0.3 is 0 Å². The number of hydrogen-bond donors (Lipinski definition) is 1. The molecular formula is C14H21NO. The smallest absolute Gasteiger partial charge is 0.119 e. The predicted octanol–water partition coefficient (Wildman–Crippen LogP) is 2.70. The summed E-state index contributed by atoms with van der Waals surface area (Å²) in [5, 5.41) is 3.48. The molecule has 88 valence electrons. The third-order valence-corrected chi connectivity index (χ3v) is 3.19. The van der Waals surface area contributed by atoms with Crippen molar-refractivity contribution >= 4 is 0 Å². The van der Waals surface area contributed by atoms with Gasteiger partial charge in [0.05, 0.1) is 6.61 Å². The Morgan fingerprint density at radius 2 is 2.06 bits per heavy atom. The highest BCUT2D eigenvalue weighted by atomic mass is 16.5. The average molecular weight is 219 g/mol. The summed E-state index contributed by atoms with van der Waals surface area (Å²) in [5.74, 6) is 2.86. The molecule has 0 bridgehead atoms. The molecule has 2 nitrogen and oxygen atoms in total. The zero-order chi connectivity index (χ0) is 11.2. The van der Waals surface area contributed by atoms with E-state index in [0.29, 0.717) is 0 Å². The van der Waals surface area contributed by atoms with Gasteiger partial charge in [0, 0.05) is 0 Å². The summed E-state index contributed by atoms with van der Waals surface area (Å²) in [4.78, 5) is 0. The van der Waals surface area contributed by atoms with Crippen molar-refractivity contribution in [3.8, 4) is 5.75 Å². The monoisotopic (exact) mass is 219 g/mol. The highest BCUT2D eigenvalue weighted by molar-refractivity contribution is 5.20. The molecule has 1 fully saturated rings. The predicted molar refractivity (Wildman–Crippen MR) is 66.7 cm³/mol. The highest BCUT2D eigenvalue weighted by Crippen LogP contribution is 2.36. The van der Waals surface area contributed by atoms with E-state index in [9.17, 15) is 0 Å². The molecule has 2 rings (SSSR count). The second-order valence-electron chi connectivity index (χ2n) is 4.69. The molecule has 1 aromatic rings. The van der Waals surface area contributed by atoms with Gasteiger partial charge in [-0.15, -0.1) is 0 Å². The molecule has 2 atom stereocenters. The Bertz CT molecular complexity index is 299. The fourth-order valence-electron chi connectivity index (χ4n) is 1.87. The van der Waals surface area contributed by atoms with Gasteiger partial charge < -0.3 is 10.1 Å². The van der Waals surface area contributed by atoms with Crippen LogP contribution >= 0.6 is 0 Å². The minimum atomic E-state index is 0.803. The molecule has 0 aromatic heterocycles. The number of hydrogen-bond acceptors (Lipinski definition) is 2. The maximum absolute atomic E-state index is 5.61. The maximum Gasteiger partial charge on any atom is 0.119 e. The summed E-state index contributed by atoms with van der Waals surface area (Å²) in [6.45, 7) is 5.38. The van der Waals surface area contributed by atoms with E-state index in [4.69, 9.17) is 4.74 Å². The van der Waals surface area contributed by atoms with Gasteiger partial charge in [0.25, 0.3) is 0 Å². The van der Waals surface area contributed by atoms with E-state index >= 15 is 0 Å². The fraction of sp³-hybridized carbons (Fsp3) is 0.571. The van der Waals surface area contributed by atoms with E-state index in [-0.39, 0.29) is 0 Å². The summed E-state index contributed by atoms with van der Waals surface area (Å²) in [6, 6.07) is 10.0. The van der Waals surface area contributed by atoms with Gasteiger partial charge in [0.2, 0.25) is 0 Å². The maximum atomic E-state index is 5.61. The van der Waals surface area contributed by atoms with Crippen molar-refractivity contribution in [1.29, 1.82) is 0 Å². The number of ether oxygens (including phenoxy) is 1. The SMILES string of the molecule is CC1CC1CNCCCOc1ccccc1. The summed E-state index contributed by atoms with van der Waals surface area (Å²) in [5.41, 5.74) is 0. The molecular weight excluding hydrogens is 198 g/mol. The first-order valence-corrected chi connectivity index (χ1v) is 6.25. The van der Waals surface area contributed by atoms with E-state index in [1.54, 1.807) is 0 Å². The third-order valence-electron chi connectivity index (χ3n) is 3.19. The molecule has 0 radical (unpaired) electrons. The van der Waals surface area contributed by atoms with Crippen molar-refractivity contribution in [2.24, 2.45) is 11.8 Å². The van der Waals surface area contributed by atoms with E-state index in [1.807, 2.05) is 30.3 Å². The van der Waals surface area contributed by atoms with Crippen molar-refractivity contribution in [1.82, 2.24) is 5.32 Å². The quantitative estimate of drug-likeness (QED) is 0.712. The minimum absolute atomic E-state index is 0.803. The van der Waals surface area contributed by atoms with Gasteiger partial charge in [0.1, 0.15) is 5.75 Å². The Morgan fingerprint density at radius 3 is 2.75 bits per heavy atom. The molecule has 0 heterocycles. The number of rotatable bonds is 7.